The van der Waals surface area contributed by atoms with Crippen LogP contribution in [0.4, 0.5) is 0 Å². The molecule has 3 nitrogen and oxygen atoms in total. The van der Waals surface area contributed by atoms with Crippen LogP contribution in [-0.2, 0) is 15.5 Å². The summed E-state index contributed by atoms with van der Waals surface area (Å²) >= 11 is -2.08. The Morgan fingerprint density at radius 3 is 2.55 bits per heavy atom. The molecule has 1 atom stereocenters. The van der Waals surface area contributed by atoms with Crippen LogP contribution < -0.4 is 0 Å². The molecule has 0 bridgehead atoms. The quantitative estimate of drug-likeness (QED) is 0.502. The van der Waals surface area contributed by atoms with Crippen LogP contribution in [0.3, 0.4) is 0 Å². The number of hydrogen-bond acceptors (Lipinski definition) is 2. The minimum atomic E-state index is -2.08. The zero-order valence-electron chi connectivity index (χ0n) is 7.08. The van der Waals surface area contributed by atoms with E-state index >= 15 is 0 Å². The van der Waals surface area contributed by atoms with Crippen molar-refractivity contribution in [2.75, 3.05) is 6.61 Å². The smallest absolute Gasteiger partial charge is 0.284 e. The number of hydrogen-bond donors (Lipinski definition) is 1. The van der Waals surface area contributed by atoms with Crippen LogP contribution in [-0.4, -0.2) is 15.4 Å². The maximum atomic E-state index is 9.99. The van der Waals surface area contributed by atoms with Gasteiger partial charge in [-0.05, 0) is 12.3 Å². The van der Waals surface area contributed by atoms with Gasteiger partial charge in [-0.15, -0.1) is 0 Å². The molecule has 0 spiro atoms. The Labute approximate surface area is 70.6 Å². The fourth-order valence-corrected chi connectivity index (χ4v) is 1.05. The van der Waals surface area contributed by atoms with Gasteiger partial charge < -0.3 is 0 Å². The van der Waals surface area contributed by atoms with E-state index in [0.717, 1.165) is 19.3 Å². The third-order valence-electron chi connectivity index (χ3n) is 1.36. The van der Waals surface area contributed by atoms with Crippen LogP contribution >= 0.6 is 0 Å². The second-order valence-electron chi connectivity index (χ2n) is 2.93. The van der Waals surface area contributed by atoms with Gasteiger partial charge in [0.15, 0.2) is 0 Å². The predicted molar refractivity (Wildman–Crippen MR) is 45.4 cm³/mol. The Balaban J connectivity index is 2.97. The second kappa shape index (κ2) is 6.76. The van der Waals surface area contributed by atoms with Crippen LogP contribution in [0.2, 0.25) is 0 Å². The van der Waals surface area contributed by atoms with Gasteiger partial charge in [0.1, 0.15) is 0 Å². The van der Waals surface area contributed by atoms with E-state index in [1.807, 2.05) is 0 Å². The zero-order valence-corrected chi connectivity index (χ0v) is 7.89. The molecule has 0 radical (unpaired) electrons. The highest BCUT2D eigenvalue weighted by Crippen LogP contribution is 2.05. The van der Waals surface area contributed by atoms with E-state index in [4.69, 9.17) is 4.55 Å². The molecule has 0 amide bonds. The first-order valence-electron chi connectivity index (χ1n) is 3.87. The van der Waals surface area contributed by atoms with Gasteiger partial charge in [-0.2, -0.15) is 4.21 Å². The molecule has 0 aromatic carbocycles. The Hall–Kier alpha value is 0.0700. The van der Waals surface area contributed by atoms with Crippen LogP contribution in [0, 0.1) is 5.92 Å². The van der Waals surface area contributed by atoms with Gasteiger partial charge in [0.25, 0.3) is 0 Å². The lowest BCUT2D eigenvalue weighted by Crippen LogP contribution is -1.98. The first-order valence-corrected chi connectivity index (χ1v) is 4.90. The lowest BCUT2D eigenvalue weighted by Gasteiger charge is -2.02. The van der Waals surface area contributed by atoms with E-state index in [-0.39, 0.29) is 0 Å². The first kappa shape index (κ1) is 11.1. The third-order valence-corrected chi connectivity index (χ3v) is 1.73. The summed E-state index contributed by atoms with van der Waals surface area (Å²) in [6, 6.07) is 0. The number of unbranched alkanes of at least 4 members (excludes halogenated alkanes) is 1. The molecule has 68 valence electrons. The summed E-state index contributed by atoms with van der Waals surface area (Å²) in [5, 5.41) is 0. The van der Waals surface area contributed by atoms with Crippen molar-refractivity contribution < 1.29 is 12.9 Å². The van der Waals surface area contributed by atoms with Crippen LogP contribution in [0.15, 0.2) is 0 Å². The molecule has 0 saturated carbocycles. The summed E-state index contributed by atoms with van der Waals surface area (Å²) in [6.45, 7) is 4.70. The molecule has 0 aliphatic heterocycles. The van der Waals surface area contributed by atoms with Crippen molar-refractivity contribution in [2.24, 2.45) is 5.92 Å². The van der Waals surface area contributed by atoms with Crippen molar-refractivity contribution in [2.45, 2.75) is 33.1 Å². The van der Waals surface area contributed by atoms with Gasteiger partial charge in [-0.25, -0.2) is 0 Å². The lowest BCUT2D eigenvalue weighted by atomic mass is 10.1. The monoisotopic (exact) mass is 180 g/mol. The summed E-state index contributed by atoms with van der Waals surface area (Å²) < 4.78 is 22.6. The van der Waals surface area contributed by atoms with Crippen molar-refractivity contribution in [3.8, 4) is 0 Å². The summed E-state index contributed by atoms with van der Waals surface area (Å²) in [4.78, 5) is 0. The van der Waals surface area contributed by atoms with Gasteiger partial charge in [-0.3, -0.25) is 8.74 Å². The first-order chi connectivity index (χ1) is 5.13. The molecule has 11 heavy (non-hydrogen) atoms. The lowest BCUT2D eigenvalue weighted by molar-refractivity contribution is 0.294. The molecule has 1 N–H and O–H groups in total. The topological polar surface area (TPSA) is 46.5 Å². The highest BCUT2D eigenvalue weighted by Gasteiger charge is 1.95. The summed E-state index contributed by atoms with van der Waals surface area (Å²) in [6.07, 6.45) is 3.08. The fraction of sp³-hybridized carbons (Fsp3) is 1.00. The van der Waals surface area contributed by atoms with Crippen LogP contribution in [0.5, 0.6) is 0 Å². The van der Waals surface area contributed by atoms with Gasteiger partial charge in [0, 0.05) is 0 Å². The van der Waals surface area contributed by atoms with Crippen LogP contribution in [0.25, 0.3) is 0 Å². The van der Waals surface area contributed by atoms with Crippen molar-refractivity contribution in [3.05, 3.63) is 0 Å². The molecule has 0 aliphatic carbocycles. The number of rotatable bonds is 6. The van der Waals surface area contributed by atoms with E-state index in [9.17, 15) is 4.21 Å². The maximum absolute atomic E-state index is 9.99. The average Bonchev–Trinajstić information content (AvgIpc) is 1.85. The van der Waals surface area contributed by atoms with E-state index in [2.05, 4.69) is 18.0 Å². The highest BCUT2D eigenvalue weighted by atomic mass is 32.2. The molecule has 4 heteroatoms. The van der Waals surface area contributed by atoms with E-state index in [1.165, 1.54) is 0 Å². The molecular weight excluding hydrogens is 164 g/mol. The molecule has 0 aromatic heterocycles. The summed E-state index contributed by atoms with van der Waals surface area (Å²) in [5.41, 5.74) is 0. The second-order valence-corrected chi connectivity index (χ2v) is 3.60. The summed E-state index contributed by atoms with van der Waals surface area (Å²) in [5.74, 6) is 0.703. The Morgan fingerprint density at radius 2 is 2.09 bits per heavy atom. The standard InChI is InChI=1S/C7H16O3S/c1-7(2)5-3-4-6-10-11(8)9/h7H,3-6H2,1-2H3,(H,8,9). The van der Waals surface area contributed by atoms with Crippen molar-refractivity contribution in [3.63, 3.8) is 0 Å². The van der Waals surface area contributed by atoms with Gasteiger partial charge in [-0.1, -0.05) is 26.7 Å². The average molecular weight is 180 g/mol. The maximum Gasteiger partial charge on any atom is 0.301 e. The third kappa shape index (κ3) is 10.1. The van der Waals surface area contributed by atoms with Crippen molar-refractivity contribution >= 4 is 11.4 Å². The Morgan fingerprint density at radius 1 is 1.45 bits per heavy atom. The molecule has 0 aliphatic rings. The molecule has 0 saturated heterocycles. The molecular formula is C7H16O3S. The molecule has 1 unspecified atom stereocenters. The molecule has 0 rings (SSSR count). The molecule has 0 fully saturated rings. The van der Waals surface area contributed by atoms with Crippen molar-refractivity contribution in [1.29, 1.82) is 0 Å². The van der Waals surface area contributed by atoms with E-state index in [1.54, 1.807) is 0 Å². The van der Waals surface area contributed by atoms with Gasteiger partial charge in [0.05, 0.1) is 6.61 Å². The van der Waals surface area contributed by atoms with Crippen LogP contribution in [0.1, 0.15) is 33.1 Å². The normalized spacial score (nSPS) is 13.8. The minimum absolute atomic E-state index is 0.385. The minimum Gasteiger partial charge on any atom is -0.284 e. The molecule has 0 heterocycles. The Kier molecular flexibility index (Phi) is 6.80. The van der Waals surface area contributed by atoms with E-state index < -0.39 is 11.4 Å². The van der Waals surface area contributed by atoms with Gasteiger partial charge >= 0.3 is 11.4 Å². The fourth-order valence-electron chi connectivity index (χ4n) is 0.785. The Bertz CT molecular complexity index is 114. The molecule has 0 aromatic rings. The zero-order chi connectivity index (χ0) is 8.69. The van der Waals surface area contributed by atoms with Crippen molar-refractivity contribution in [1.82, 2.24) is 0 Å². The predicted octanol–water partition coefficient (Wildman–Crippen LogP) is 1.97. The van der Waals surface area contributed by atoms with Gasteiger partial charge in [0.2, 0.25) is 0 Å². The van der Waals surface area contributed by atoms with E-state index in [0.29, 0.717) is 12.5 Å². The SMILES string of the molecule is CC(C)CCCCOS(=O)O. The largest absolute Gasteiger partial charge is 0.301 e. The summed E-state index contributed by atoms with van der Waals surface area (Å²) in [7, 11) is 0. The highest BCUT2D eigenvalue weighted by molar-refractivity contribution is 7.74.